The van der Waals surface area contributed by atoms with Crippen LogP contribution in [-0.2, 0) is 20.8 Å². The largest absolute Gasteiger partial charge is 0.508 e. The summed E-state index contributed by atoms with van der Waals surface area (Å²) >= 11 is 0. The first-order chi connectivity index (χ1) is 13.8. The molecule has 0 aliphatic heterocycles. The molecule has 0 unspecified atom stereocenters. The van der Waals surface area contributed by atoms with Crippen LogP contribution in [0, 0.1) is 5.53 Å². The molecule has 29 heavy (non-hydrogen) atoms. The lowest BCUT2D eigenvalue weighted by molar-refractivity contribution is -0.135. The zero-order valence-electron chi connectivity index (χ0n) is 17.3. The van der Waals surface area contributed by atoms with Gasteiger partial charge in [-0.1, -0.05) is 44.7 Å². The normalized spacial score (nSPS) is 12.6. The van der Waals surface area contributed by atoms with E-state index >= 15 is 0 Å². The Morgan fingerprint density at radius 1 is 1.10 bits per heavy atom. The van der Waals surface area contributed by atoms with Crippen molar-refractivity contribution in [1.82, 2.24) is 10.6 Å². The summed E-state index contributed by atoms with van der Waals surface area (Å²) in [6.45, 7) is 3.89. The molecular formula is C21H32N4O4. The highest BCUT2D eigenvalue weighted by molar-refractivity contribution is 5.95. The van der Waals surface area contributed by atoms with E-state index in [0.717, 1.165) is 37.7 Å². The number of phenols is 1. The first-order valence-corrected chi connectivity index (χ1v) is 10.1. The second-order valence-corrected chi connectivity index (χ2v) is 7.40. The van der Waals surface area contributed by atoms with Gasteiger partial charge in [-0.2, -0.15) is 0 Å². The van der Waals surface area contributed by atoms with Gasteiger partial charge in [0.2, 0.25) is 11.8 Å². The van der Waals surface area contributed by atoms with Crippen molar-refractivity contribution in [3.05, 3.63) is 29.8 Å². The van der Waals surface area contributed by atoms with Gasteiger partial charge in [0.05, 0.1) is 6.42 Å². The Bertz CT molecular complexity index is 690. The van der Waals surface area contributed by atoms with Gasteiger partial charge in [0.15, 0.2) is 0 Å². The van der Waals surface area contributed by atoms with E-state index in [9.17, 15) is 19.5 Å². The average Bonchev–Trinajstić information content (AvgIpc) is 2.69. The summed E-state index contributed by atoms with van der Waals surface area (Å²) in [6.07, 6.45) is 5.42. The van der Waals surface area contributed by atoms with Crippen LogP contribution in [0.15, 0.2) is 29.4 Å². The van der Waals surface area contributed by atoms with Gasteiger partial charge < -0.3 is 15.7 Å². The lowest BCUT2D eigenvalue weighted by Crippen LogP contribution is -2.58. The van der Waals surface area contributed by atoms with E-state index in [1.165, 1.54) is 6.92 Å². The maximum absolute atomic E-state index is 12.7. The summed E-state index contributed by atoms with van der Waals surface area (Å²) in [7, 11) is 0. The van der Waals surface area contributed by atoms with Crippen molar-refractivity contribution >= 4 is 17.7 Å². The quantitative estimate of drug-likeness (QED) is 0.297. The molecule has 0 heterocycles. The second kappa shape index (κ2) is 12.6. The lowest BCUT2D eigenvalue weighted by Gasteiger charge is -2.28. The number of hydrogen-bond donors (Lipinski definition) is 4. The molecule has 1 atom stereocenters. The van der Waals surface area contributed by atoms with Crippen molar-refractivity contribution in [2.45, 2.75) is 70.8 Å². The average molecular weight is 405 g/mol. The summed E-state index contributed by atoms with van der Waals surface area (Å²) in [5.41, 5.74) is 6.33. The van der Waals surface area contributed by atoms with Crippen LogP contribution >= 0.6 is 0 Å². The van der Waals surface area contributed by atoms with Crippen molar-refractivity contribution in [3.63, 3.8) is 0 Å². The molecule has 0 aliphatic rings. The second-order valence-electron chi connectivity index (χ2n) is 7.40. The summed E-state index contributed by atoms with van der Waals surface area (Å²) in [6, 6.07) is 6.64. The van der Waals surface area contributed by atoms with Crippen LogP contribution in [0.5, 0.6) is 5.75 Å². The van der Waals surface area contributed by atoms with Gasteiger partial charge in [-0.3, -0.25) is 14.4 Å². The van der Waals surface area contributed by atoms with Crippen molar-refractivity contribution in [3.8, 4) is 5.75 Å². The van der Waals surface area contributed by atoms with Crippen LogP contribution in [-0.4, -0.2) is 34.9 Å². The van der Waals surface area contributed by atoms with Gasteiger partial charge in [-0.25, -0.2) is 5.53 Å². The molecule has 1 aromatic rings. The molecule has 8 nitrogen and oxygen atoms in total. The fourth-order valence-corrected chi connectivity index (χ4v) is 2.96. The third kappa shape index (κ3) is 9.32. The maximum atomic E-state index is 12.7. The number of carbonyl (C=O) groups is 3. The first-order valence-electron chi connectivity index (χ1n) is 10.1. The van der Waals surface area contributed by atoms with E-state index in [0.29, 0.717) is 13.0 Å². The van der Waals surface area contributed by atoms with E-state index in [4.69, 9.17) is 5.53 Å². The Labute approximate surface area is 172 Å². The molecule has 1 aromatic carbocycles. The molecule has 160 valence electrons. The molecule has 4 N–H and O–H groups in total. The highest BCUT2D eigenvalue weighted by atomic mass is 16.3. The number of hydrogen-bond acceptors (Lipinski definition) is 5. The highest BCUT2D eigenvalue weighted by Gasteiger charge is 2.37. The fourth-order valence-electron chi connectivity index (χ4n) is 2.96. The Balaban J connectivity index is 2.61. The zero-order chi connectivity index (χ0) is 21.7. The Morgan fingerprint density at radius 3 is 2.38 bits per heavy atom. The number of nitrogens with zero attached hydrogens (tertiary/aromatic N) is 1. The number of benzene rings is 1. The Hall–Kier alpha value is -2.77. The lowest BCUT2D eigenvalue weighted by atomic mass is 9.95. The smallest absolute Gasteiger partial charge is 0.266 e. The van der Waals surface area contributed by atoms with Gasteiger partial charge in [0.25, 0.3) is 5.91 Å². The van der Waals surface area contributed by atoms with E-state index in [2.05, 4.69) is 22.7 Å². The van der Waals surface area contributed by atoms with Gasteiger partial charge in [-0.15, -0.1) is 5.11 Å². The van der Waals surface area contributed by atoms with Crippen LogP contribution in [0.1, 0.15) is 64.4 Å². The molecule has 0 spiro atoms. The summed E-state index contributed by atoms with van der Waals surface area (Å²) in [4.78, 5) is 36.6. The third-order valence-electron chi connectivity index (χ3n) is 4.69. The van der Waals surface area contributed by atoms with Crippen LogP contribution in [0.25, 0.3) is 0 Å². The third-order valence-corrected chi connectivity index (χ3v) is 4.69. The molecule has 1 rings (SSSR count). The molecule has 0 saturated heterocycles. The van der Waals surface area contributed by atoms with Gasteiger partial charge in [0, 0.05) is 13.0 Å². The monoisotopic (exact) mass is 404 g/mol. The molecule has 8 heteroatoms. The molecule has 3 amide bonds. The number of rotatable bonds is 13. The molecule has 0 aromatic heterocycles. The fraction of sp³-hybridized carbons (Fsp3) is 0.571. The first kappa shape index (κ1) is 24.3. The summed E-state index contributed by atoms with van der Waals surface area (Å²) in [5.74, 6) is -1.40. The summed E-state index contributed by atoms with van der Waals surface area (Å²) in [5, 5.41) is 17.5. The minimum absolute atomic E-state index is 0.167. The molecule has 0 aliphatic carbocycles. The highest BCUT2D eigenvalue weighted by Crippen LogP contribution is 2.14. The number of nitrogens with one attached hydrogen (secondary N) is 3. The van der Waals surface area contributed by atoms with E-state index < -0.39 is 17.4 Å². The standard InChI is InChI=1S/C21H32N4O4/c1-3-4-5-6-7-8-18(27)24-21(2,15-19(28)25-22)20(29)23-14-13-16-9-11-17(26)12-10-16/h9-12,22,26H,3-8,13-15H2,1-2H3,(H,23,29)(H,24,27)/t21-/m1/s1. The van der Waals surface area contributed by atoms with E-state index in [1.54, 1.807) is 24.3 Å². The van der Waals surface area contributed by atoms with Crippen LogP contribution < -0.4 is 10.6 Å². The minimum atomic E-state index is -1.46. The molecule has 0 fully saturated rings. The molecule has 0 bridgehead atoms. The number of aromatic hydroxyl groups is 1. The number of carbonyl (C=O) groups excluding carboxylic acids is 3. The van der Waals surface area contributed by atoms with Crippen molar-refractivity contribution in [2.24, 2.45) is 5.11 Å². The van der Waals surface area contributed by atoms with Crippen LogP contribution in [0.3, 0.4) is 0 Å². The van der Waals surface area contributed by atoms with Crippen LogP contribution in [0.4, 0.5) is 0 Å². The van der Waals surface area contributed by atoms with Gasteiger partial charge >= 0.3 is 0 Å². The van der Waals surface area contributed by atoms with Crippen molar-refractivity contribution in [1.29, 1.82) is 5.53 Å². The van der Waals surface area contributed by atoms with Crippen LogP contribution in [0.2, 0.25) is 0 Å². The SMILES string of the molecule is CCCCCCCC(=O)N[C@](C)(CC(=O)N=N)C(=O)NCCc1ccc(O)cc1. The molecule has 0 saturated carbocycles. The van der Waals surface area contributed by atoms with Crippen molar-refractivity contribution < 1.29 is 19.5 Å². The number of amides is 3. The minimum Gasteiger partial charge on any atom is -0.508 e. The topological polar surface area (TPSA) is 132 Å². The molecular weight excluding hydrogens is 372 g/mol. The zero-order valence-corrected chi connectivity index (χ0v) is 17.3. The molecule has 0 radical (unpaired) electrons. The van der Waals surface area contributed by atoms with Gasteiger partial charge in [0.1, 0.15) is 11.3 Å². The van der Waals surface area contributed by atoms with E-state index in [1.807, 2.05) is 0 Å². The van der Waals surface area contributed by atoms with Crippen molar-refractivity contribution in [2.75, 3.05) is 6.54 Å². The van der Waals surface area contributed by atoms with Gasteiger partial charge in [-0.05, 0) is 37.5 Å². The predicted octanol–water partition coefficient (Wildman–Crippen LogP) is 3.23. The number of phenolic OH excluding ortho intramolecular Hbond substituents is 1. The predicted molar refractivity (Wildman–Crippen MR) is 110 cm³/mol. The summed E-state index contributed by atoms with van der Waals surface area (Å²) < 4.78 is 0. The number of unbranched alkanes of at least 4 members (excludes halogenated alkanes) is 4. The maximum Gasteiger partial charge on any atom is 0.266 e. The Morgan fingerprint density at radius 2 is 1.76 bits per heavy atom. The Kier molecular flexibility index (Phi) is 10.6. The van der Waals surface area contributed by atoms with E-state index in [-0.39, 0.29) is 24.5 Å².